The molecule has 0 spiro atoms. The van der Waals surface area contributed by atoms with E-state index in [4.69, 9.17) is 17.2 Å². The van der Waals surface area contributed by atoms with Gasteiger partial charge in [0.2, 0.25) is 100 Å². The number of nitrogens with one attached hydrogen (secondary N) is 17. The number of aliphatic hydroxyl groups excluding tert-OH is 5. The quantitative estimate of drug-likeness (QED) is 0.0204. The SMILES string of the molecule is C/C=C(\NC(=O)[C@@H](NC(=O)[C@H](CC(C)C)NC(=O)[C@H](CCC(N)=O)NC(=O)[C@@H](NC(=O)[C@@H](NC(=O)[C@H](CC(C)C)NC(=O)[C@H](CO)NC(=O)[C@@H](NC(=O)[C@H](CC(C)C)NC(=O)[C@H](CO)NC(=O)[C@@H]1CCCN1C(=O)/C(=C/C)NC(=O)CC(O)CCCCC)C(C)C)C(C)C)C(C)C)C(C)C)C(=O)N[C@H](C(=O)N[C@H](C(=O)N[C@@H](CCO)C(=O)N[C@@H](CCN)C(=O)N[C@@H](CCCCN)C(=O)O)[C@@H](C)CC)[C@@H](C)O. The molecule has 1 saturated heterocycles. The highest BCUT2D eigenvalue weighted by molar-refractivity contribution is 6.05. The number of hydrogen-bond donors (Lipinski definition) is 26. The van der Waals surface area contributed by atoms with Crippen molar-refractivity contribution in [1.29, 1.82) is 0 Å². The average molecular weight is 2010 g/mol. The molecule has 1 fully saturated rings. The first-order chi connectivity index (χ1) is 66.1. The van der Waals surface area contributed by atoms with Gasteiger partial charge in [-0.1, -0.05) is 156 Å². The monoisotopic (exact) mass is 2000 g/mol. The lowest BCUT2D eigenvalue weighted by Gasteiger charge is -2.31. The standard InChI is InChI=1S/C94H165N21O26/c1-21-25-26-30-56(120)44-70(122)98-58(24-4)93(139)115-39-29-32-68(115)86(132)107-66(45-117)84(130)105-64(42-48(7)8)82(128)110-72(51(13)14)89(135)108-67(46-118)85(131)106-65(43-49(9)10)83(129)111-74(53(17)18)90(136)112-73(52(15)16)88(134)101-59(33-34-69(97)121)78(124)104-63(41-47(5)6)81(127)109-71(50(11)12)87(133)99-57(23-3)77(123)114-76(55(20)119)92(138)113-75(54(19)22-2)91(137)102-61(36-40-116)80(126)100-60(35-38-96)79(125)103-62(94(140)141)31-27-28-37-95/h23-24,47-56,59-68,71-76,116-120H,21-22,25-46,95-96H2,1-20H3,(H2,97,121)(H,98,122)(H,99,133)(H,100,126)(H,101,134)(H,102,137)(H,103,125)(H,104,124)(H,105,130)(H,106,131)(H,107,132)(H,108,135)(H,109,127)(H,110,128)(H,111,129)(H,112,136)(H,113,138)(H,114,123)(H,140,141)/b57-23-,58-24-/t54-,55+,56?,59-,60-,61-,62-,63-,64-,65-,66-,67-,68-,71-,72-,73-,74-,75-,76-/m0/s1. The molecule has 29 N–H and O–H groups in total. The van der Waals surface area contributed by atoms with Crippen LogP contribution in [0.3, 0.4) is 0 Å². The summed E-state index contributed by atoms with van der Waals surface area (Å²) in [6.07, 6.45) is 2.27. The van der Waals surface area contributed by atoms with Crippen LogP contribution in [0.5, 0.6) is 0 Å². The van der Waals surface area contributed by atoms with Gasteiger partial charge in [-0.15, -0.1) is 0 Å². The summed E-state index contributed by atoms with van der Waals surface area (Å²) in [4.78, 5) is 279. The molecule has 802 valence electrons. The number of allylic oxidation sites excluding steroid dienone is 2. The van der Waals surface area contributed by atoms with E-state index in [0.717, 1.165) is 25.8 Å². The van der Waals surface area contributed by atoms with Gasteiger partial charge in [-0.25, -0.2) is 4.79 Å². The zero-order chi connectivity index (χ0) is 108. The molecule has 0 aromatic heterocycles. The second kappa shape index (κ2) is 65.6. The minimum Gasteiger partial charge on any atom is -0.480 e. The number of carboxylic acid groups (broad SMARTS) is 1. The molecule has 19 atom stereocenters. The van der Waals surface area contributed by atoms with Gasteiger partial charge in [0.15, 0.2) is 0 Å². The topological polar surface area (TPSA) is 749 Å². The highest BCUT2D eigenvalue weighted by atomic mass is 16.4. The maximum atomic E-state index is 14.6. The Morgan fingerprint density at radius 3 is 1.15 bits per heavy atom. The molecule has 47 heteroatoms. The zero-order valence-electron chi connectivity index (χ0n) is 85.7. The maximum Gasteiger partial charge on any atom is 0.326 e. The Labute approximate surface area is 826 Å². The minimum atomic E-state index is -1.85. The molecule has 1 rings (SSSR count). The summed E-state index contributed by atoms with van der Waals surface area (Å²) < 4.78 is 0. The molecule has 47 nitrogen and oxygen atoms in total. The number of primary amides is 1. The molecular weight excluding hydrogens is 1840 g/mol. The van der Waals surface area contributed by atoms with Crippen LogP contribution in [0.4, 0.5) is 0 Å². The molecule has 1 aliphatic heterocycles. The lowest BCUT2D eigenvalue weighted by Crippen LogP contribution is -2.62. The lowest BCUT2D eigenvalue weighted by atomic mass is 9.97. The number of unbranched alkanes of at least 4 members (excludes halogenated alkanes) is 3. The van der Waals surface area contributed by atoms with Crippen LogP contribution in [0, 0.1) is 47.3 Å². The van der Waals surface area contributed by atoms with Crippen LogP contribution in [0.1, 0.15) is 254 Å². The van der Waals surface area contributed by atoms with E-state index in [1.165, 1.54) is 38.7 Å². The van der Waals surface area contributed by atoms with Crippen molar-refractivity contribution < 1.29 is 127 Å². The van der Waals surface area contributed by atoms with Crippen LogP contribution in [0.25, 0.3) is 0 Å². The van der Waals surface area contributed by atoms with Gasteiger partial charge in [0.05, 0.1) is 31.8 Å². The van der Waals surface area contributed by atoms with Gasteiger partial charge in [-0.3, -0.25) is 91.1 Å². The Hall–Kier alpha value is -11.4. The second-order valence-electron chi connectivity index (χ2n) is 38.5. The molecular formula is C94H165N21O26. The zero-order valence-corrected chi connectivity index (χ0v) is 85.7. The van der Waals surface area contributed by atoms with Gasteiger partial charge in [-0.2, -0.15) is 0 Å². The van der Waals surface area contributed by atoms with Crippen molar-refractivity contribution in [2.45, 2.75) is 363 Å². The number of amides is 19. The number of nitrogens with zero attached hydrogens (tertiary/aromatic N) is 1. The third kappa shape index (κ3) is 45.2. The van der Waals surface area contributed by atoms with Crippen LogP contribution in [0.2, 0.25) is 0 Å². The summed E-state index contributed by atoms with van der Waals surface area (Å²) in [5.74, 6) is -24.1. The van der Waals surface area contributed by atoms with Crippen LogP contribution in [0.15, 0.2) is 23.5 Å². The van der Waals surface area contributed by atoms with Crippen LogP contribution < -0.4 is 108 Å². The first kappa shape index (κ1) is 128. The minimum absolute atomic E-state index is 0.0258. The Bertz CT molecular complexity index is 4200. The van der Waals surface area contributed by atoms with E-state index in [1.54, 1.807) is 96.9 Å². The van der Waals surface area contributed by atoms with Gasteiger partial charge in [-0.05, 0) is 158 Å². The molecule has 0 aliphatic carbocycles. The third-order valence-corrected chi connectivity index (χ3v) is 23.5. The van der Waals surface area contributed by atoms with Crippen molar-refractivity contribution in [3.63, 3.8) is 0 Å². The normalized spacial score (nSPS) is 16.7. The largest absolute Gasteiger partial charge is 0.480 e. The van der Waals surface area contributed by atoms with Crippen molar-refractivity contribution in [2.24, 2.45) is 64.5 Å². The first-order valence-corrected chi connectivity index (χ1v) is 49.0. The van der Waals surface area contributed by atoms with Gasteiger partial charge >= 0.3 is 5.97 Å². The van der Waals surface area contributed by atoms with Crippen LogP contribution in [-0.4, -0.2) is 302 Å². The summed E-state index contributed by atoms with van der Waals surface area (Å²) in [7, 11) is 0. The Morgan fingerprint density at radius 2 is 0.752 bits per heavy atom. The van der Waals surface area contributed by atoms with Crippen molar-refractivity contribution in [1.82, 2.24) is 95.3 Å². The fourth-order valence-electron chi connectivity index (χ4n) is 15.1. The van der Waals surface area contributed by atoms with Gasteiger partial charge in [0, 0.05) is 19.6 Å². The Morgan fingerprint density at radius 1 is 0.383 bits per heavy atom. The molecule has 1 heterocycles. The van der Waals surface area contributed by atoms with Crippen molar-refractivity contribution in [3.05, 3.63) is 23.5 Å². The van der Waals surface area contributed by atoms with E-state index in [9.17, 15) is 127 Å². The van der Waals surface area contributed by atoms with Crippen LogP contribution >= 0.6 is 0 Å². The molecule has 19 amide bonds. The predicted octanol–water partition coefficient (Wildman–Crippen LogP) is -4.00. The molecule has 1 aliphatic rings. The number of rotatable bonds is 67. The number of aliphatic hydroxyl groups is 5. The average Bonchev–Trinajstić information content (AvgIpc) is 1.69. The maximum absolute atomic E-state index is 14.6. The molecule has 0 saturated carbocycles. The van der Waals surface area contributed by atoms with Gasteiger partial charge in [0.25, 0.3) is 11.8 Å². The van der Waals surface area contributed by atoms with E-state index in [1.807, 2.05) is 6.92 Å². The van der Waals surface area contributed by atoms with E-state index in [0.29, 0.717) is 32.1 Å². The van der Waals surface area contributed by atoms with Gasteiger partial charge in [0.1, 0.15) is 108 Å². The summed E-state index contributed by atoms with van der Waals surface area (Å²) in [5.41, 5.74) is 16.2. The lowest BCUT2D eigenvalue weighted by molar-refractivity contribution is -0.142. The fourth-order valence-corrected chi connectivity index (χ4v) is 15.1. The number of nitrogens with two attached hydrogens (primary N) is 3. The van der Waals surface area contributed by atoms with Crippen molar-refractivity contribution in [2.75, 3.05) is 39.5 Å². The summed E-state index contributed by atoms with van der Waals surface area (Å²) in [5, 5.41) is 105. The molecule has 1 unspecified atom stereocenters. The Balaban J connectivity index is 3.48. The smallest absolute Gasteiger partial charge is 0.326 e. The summed E-state index contributed by atoms with van der Waals surface area (Å²) in [6, 6.07) is -24.2. The van der Waals surface area contributed by atoms with Crippen molar-refractivity contribution in [3.8, 4) is 0 Å². The predicted molar refractivity (Wildman–Crippen MR) is 520 cm³/mol. The number of hydrogen-bond acceptors (Lipinski definition) is 27. The number of carbonyl (C=O) groups is 20. The number of aliphatic carboxylic acids is 1. The second-order valence-corrected chi connectivity index (χ2v) is 38.5. The number of carboxylic acids is 1. The van der Waals surface area contributed by atoms with Crippen molar-refractivity contribution >= 4 is 118 Å². The van der Waals surface area contributed by atoms with Crippen LogP contribution in [-0.2, 0) is 95.9 Å². The summed E-state index contributed by atoms with van der Waals surface area (Å²) >= 11 is 0. The van der Waals surface area contributed by atoms with E-state index < -0.39 is 301 Å². The fraction of sp³-hybridized carbons (Fsp3) is 0.745. The third-order valence-electron chi connectivity index (χ3n) is 23.5. The molecule has 0 bridgehead atoms. The van der Waals surface area contributed by atoms with Gasteiger partial charge < -0.3 is 143 Å². The van der Waals surface area contributed by atoms with E-state index in [-0.39, 0.29) is 94.5 Å². The van der Waals surface area contributed by atoms with E-state index in [2.05, 4.69) is 90.4 Å². The Kier molecular flexibility index (Phi) is 59.4. The highest BCUT2D eigenvalue weighted by Crippen LogP contribution is 2.23. The molecule has 141 heavy (non-hydrogen) atoms. The number of carbonyl (C=O) groups excluding carboxylic acids is 19. The summed E-state index contributed by atoms with van der Waals surface area (Å²) in [6.45, 7) is 29.4. The number of likely N-dealkylation sites (tertiary alicyclic amines) is 1. The van der Waals surface area contributed by atoms with E-state index >= 15 is 0 Å². The molecule has 0 aromatic rings. The molecule has 0 radical (unpaired) electrons. The first-order valence-electron chi connectivity index (χ1n) is 49.0. The highest BCUT2D eigenvalue weighted by Gasteiger charge is 2.44. The molecule has 0 aromatic carbocycles.